The molecule has 0 aromatic heterocycles. The minimum absolute atomic E-state index is 0.0408. The summed E-state index contributed by atoms with van der Waals surface area (Å²) in [6, 6.07) is -1.70. The molecular formula is C27H45N5O7S. The molecule has 40 heavy (non-hydrogen) atoms. The van der Waals surface area contributed by atoms with E-state index in [1.807, 2.05) is 26.0 Å². The molecule has 2 aliphatic heterocycles. The average Bonchev–Trinajstić information content (AvgIpc) is 3.29. The number of rotatable bonds is 6. The molecule has 1 saturated heterocycles. The van der Waals surface area contributed by atoms with Crippen molar-refractivity contribution in [2.75, 3.05) is 13.1 Å². The summed E-state index contributed by atoms with van der Waals surface area (Å²) in [5.74, 6) is -2.03. The smallest absolute Gasteiger partial charge is 0.408 e. The van der Waals surface area contributed by atoms with Gasteiger partial charge in [-0.15, -0.1) is 0 Å². The summed E-state index contributed by atoms with van der Waals surface area (Å²) >= 11 is 0. The fourth-order valence-electron chi connectivity index (χ4n) is 5.07. The SMILES string of the molecule is CC(C)CNS(=O)(=O)NC(=O)[C@@]12C[C@H]1/C=C\CCCCC[C@H](NC(=O)OC(C)(C)C)C(=O)N1CCC[C@H]1C(=O)N2. The first-order valence-corrected chi connectivity index (χ1v) is 15.7. The number of amides is 4. The fraction of sp³-hybridized carbons (Fsp3) is 0.778. The van der Waals surface area contributed by atoms with Gasteiger partial charge in [0.2, 0.25) is 11.8 Å². The van der Waals surface area contributed by atoms with Crippen molar-refractivity contribution in [1.82, 2.24) is 25.0 Å². The van der Waals surface area contributed by atoms with Crippen LogP contribution in [-0.2, 0) is 29.3 Å². The van der Waals surface area contributed by atoms with Gasteiger partial charge in [-0.05, 0) is 65.2 Å². The zero-order valence-corrected chi connectivity index (χ0v) is 25.1. The van der Waals surface area contributed by atoms with E-state index in [-0.39, 0.29) is 30.7 Å². The van der Waals surface area contributed by atoms with Crippen molar-refractivity contribution >= 4 is 34.0 Å². The van der Waals surface area contributed by atoms with Crippen LogP contribution in [0.4, 0.5) is 4.79 Å². The zero-order chi connectivity index (χ0) is 29.7. The molecule has 226 valence electrons. The molecule has 1 saturated carbocycles. The molecule has 4 amide bonds. The number of fused-ring (bicyclic) bond motifs is 2. The highest BCUT2D eigenvalue weighted by Crippen LogP contribution is 2.45. The molecule has 2 fully saturated rings. The normalized spacial score (nSPS) is 28.9. The molecule has 2 heterocycles. The maximum Gasteiger partial charge on any atom is 0.408 e. The molecule has 0 unspecified atom stereocenters. The zero-order valence-electron chi connectivity index (χ0n) is 24.2. The van der Waals surface area contributed by atoms with E-state index < -0.39 is 51.3 Å². The molecule has 3 aliphatic rings. The van der Waals surface area contributed by atoms with Gasteiger partial charge in [-0.25, -0.2) is 9.52 Å². The number of carbonyl (C=O) groups is 4. The lowest BCUT2D eigenvalue weighted by molar-refractivity contribution is -0.141. The molecule has 13 heteroatoms. The lowest BCUT2D eigenvalue weighted by Crippen LogP contribution is -2.59. The second kappa shape index (κ2) is 12.9. The topological polar surface area (TPSA) is 163 Å². The van der Waals surface area contributed by atoms with Crippen molar-refractivity contribution in [2.24, 2.45) is 11.8 Å². The van der Waals surface area contributed by atoms with Gasteiger partial charge in [0.05, 0.1) is 0 Å². The maximum atomic E-state index is 13.6. The van der Waals surface area contributed by atoms with Crippen LogP contribution < -0.4 is 20.1 Å². The third-order valence-electron chi connectivity index (χ3n) is 7.23. The lowest BCUT2D eigenvalue weighted by Gasteiger charge is -2.30. The highest BCUT2D eigenvalue weighted by molar-refractivity contribution is 7.88. The van der Waals surface area contributed by atoms with Gasteiger partial charge in [-0.3, -0.25) is 14.4 Å². The molecule has 0 spiro atoms. The van der Waals surface area contributed by atoms with E-state index in [0.717, 1.165) is 19.3 Å². The van der Waals surface area contributed by atoms with Crippen molar-refractivity contribution in [1.29, 1.82) is 0 Å². The highest BCUT2D eigenvalue weighted by atomic mass is 32.2. The first-order chi connectivity index (χ1) is 18.6. The number of nitrogens with one attached hydrogen (secondary N) is 4. The van der Waals surface area contributed by atoms with Crippen LogP contribution in [0.15, 0.2) is 12.2 Å². The van der Waals surface area contributed by atoms with Gasteiger partial charge < -0.3 is 20.3 Å². The van der Waals surface area contributed by atoms with Gasteiger partial charge in [0, 0.05) is 19.0 Å². The third-order valence-corrected chi connectivity index (χ3v) is 8.24. The van der Waals surface area contributed by atoms with E-state index in [1.54, 1.807) is 20.8 Å². The van der Waals surface area contributed by atoms with E-state index in [1.165, 1.54) is 4.90 Å². The Morgan fingerprint density at radius 2 is 1.88 bits per heavy atom. The molecule has 4 N–H and O–H groups in total. The second-order valence-corrected chi connectivity index (χ2v) is 13.9. The minimum Gasteiger partial charge on any atom is -0.444 e. The highest BCUT2D eigenvalue weighted by Gasteiger charge is 2.61. The number of carbonyl (C=O) groups excluding carboxylic acids is 4. The average molecular weight is 584 g/mol. The first kappa shape index (κ1) is 31.9. The number of allylic oxidation sites excluding steroid dienone is 1. The summed E-state index contributed by atoms with van der Waals surface area (Å²) in [6.07, 6.45) is 7.82. The fourth-order valence-corrected chi connectivity index (χ4v) is 6.12. The van der Waals surface area contributed by atoms with E-state index >= 15 is 0 Å². The molecule has 4 atom stereocenters. The minimum atomic E-state index is -4.12. The number of ether oxygens (including phenoxy) is 1. The Balaban J connectivity index is 1.81. The van der Waals surface area contributed by atoms with E-state index in [9.17, 15) is 27.6 Å². The van der Waals surface area contributed by atoms with Crippen LogP contribution in [0.2, 0.25) is 0 Å². The molecule has 0 aromatic carbocycles. The van der Waals surface area contributed by atoms with Gasteiger partial charge in [0.1, 0.15) is 23.2 Å². The van der Waals surface area contributed by atoms with Crippen LogP contribution in [0.3, 0.4) is 0 Å². The number of hydrogen-bond donors (Lipinski definition) is 4. The van der Waals surface area contributed by atoms with Crippen LogP contribution in [-0.4, -0.2) is 73.4 Å². The van der Waals surface area contributed by atoms with Gasteiger partial charge >= 0.3 is 16.3 Å². The van der Waals surface area contributed by atoms with Crippen LogP contribution in [0.25, 0.3) is 0 Å². The molecule has 0 aromatic rings. The quantitative estimate of drug-likeness (QED) is 0.347. The van der Waals surface area contributed by atoms with E-state index in [2.05, 4.69) is 20.1 Å². The standard InChI is InChI=1S/C27H45N5O7S/c1-18(2)17-28-40(37,38)31-24(35)27-16-19(27)12-9-7-6-8-10-13-20(29-25(36)39-26(3,4)5)23(34)32-15-11-14-21(32)22(33)30-27/h9,12,18-21,28H,6-8,10-11,13-17H2,1-5H3,(H,29,36)(H,30,33)(H,31,35)/b12-9-/t19-,20+,21+,27-/m1/s1. The lowest BCUT2D eigenvalue weighted by atomic mass is 10.0. The predicted octanol–water partition coefficient (Wildman–Crippen LogP) is 1.87. The second-order valence-electron chi connectivity index (χ2n) is 12.4. The van der Waals surface area contributed by atoms with E-state index in [0.29, 0.717) is 32.2 Å². The van der Waals surface area contributed by atoms with E-state index in [4.69, 9.17) is 4.74 Å². The summed E-state index contributed by atoms with van der Waals surface area (Å²) in [5, 5.41) is 5.50. The van der Waals surface area contributed by atoms with Crippen LogP contribution in [0.5, 0.6) is 0 Å². The van der Waals surface area contributed by atoms with Crippen LogP contribution in [0, 0.1) is 11.8 Å². The summed E-state index contributed by atoms with van der Waals surface area (Å²) in [4.78, 5) is 54.4. The van der Waals surface area contributed by atoms with Crippen molar-refractivity contribution in [3.63, 3.8) is 0 Å². The van der Waals surface area contributed by atoms with Crippen molar-refractivity contribution < 1.29 is 32.3 Å². The Labute approximate surface area is 237 Å². The molecule has 12 nitrogen and oxygen atoms in total. The summed E-state index contributed by atoms with van der Waals surface area (Å²) in [6.45, 7) is 9.38. The predicted molar refractivity (Wildman–Crippen MR) is 149 cm³/mol. The third kappa shape index (κ3) is 8.66. The van der Waals surface area contributed by atoms with Crippen molar-refractivity contribution in [3.8, 4) is 0 Å². The van der Waals surface area contributed by atoms with Gasteiger partial charge in [-0.1, -0.05) is 38.8 Å². The largest absolute Gasteiger partial charge is 0.444 e. The Morgan fingerprint density at radius 1 is 1.15 bits per heavy atom. The summed E-state index contributed by atoms with van der Waals surface area (Å²) in [7, 11) is -4.12. The molecule has 3 rings (SSSR count). The van der Waals surface area contributed by atoms with Gasteiger partial charge in [0.15, 0.2) is 0 Å². The Morgan fingerprint density at radius 3 is 2.55 bits per heavy atom. The van der Waals surface area contributed by atoms with Gasteiger partial charge in [0.25, 0.3) is 5.91 Å². The first-order valence-electron chi connectivity index (χ1n) is 14.2. The molecule has 1 aliphatic carbocycles. The van der Waals surface area contributed by atoms with Crippen LogP contribution >= 0.6 is 0 Å². The van der Waals surface area contributed by atoms with Crippen molar-refractivity contribution in [2.45, 2.75) is 109 Å². The number of alkyl carbamates (subject to hydrolysis) is 1. The Hall–Kier alpha value is -2.67. The summed E-state index contributed by atoms with van der Waals surface area (Å²) in [5.41, 5.74) is -2.16. The number of nitrogens with zero attached hydrogens (tertiary/aromatic N) is 1. The van der Waals surface area contributed by atoms with Crippen molar-refractivity contribution in [3.05, 3.63) is 12.2 Å². The molecule has 0 bridgehead atoms. The Kier molecular flexibility index (Phi) is 10.3. The van der Waals surface area contributed by atoms with Gasteiger partial charge in [-0.2, -0.15) is 13.1 Å². The summed E-state index contributed by atoms with van der Waals surface area (Å²) < 4.78 is 34.8. The Bertz CT molecular complexity index is 1100. The molecular weight excluding hydrogens is 538 g/mol. The van der Waals surface area contributed by atoms with Crippen LogP contribution in [0.1, 0.15) is 86.0 Å². The number of hydrogen-bond acceptors (Lipinski definition) is 7. The maximum absolute atomic E-state index is 13.6. The molecule has 0 radical (unpaired) electrons. The monoisotopic (exact) mass is 583 g/mol.